The van der Waals surface area contributed by atoms with Crippen molar-refractivity contribution in [3.8, 4) is 11.5 Å². The maximum Gasteiger partial charge on any atom is 0.336 e. The van der Waals surface area contributed by atoms with E-state index in [0.29, 0.717) is 11.3 Å². The molecule has 0 aromatic heterocycles. The molecule has 0 aliphatic heterocycles. The van der Waals surface area contributed by atoms with Gasteiger partial charge in [0, 0.05) is 6.07 Å². The van der Waals surface area contributed by atoms with Crippen LogP contribution in [0.4, 0.5) is 5.69 Å². The highest BCUT2D eigenvalue weighted by molar-refractivity contribution is 7.99. The zero-order chi connectivity index (χ0) is 23.8. The number of carbonyl (C=O) groups is 1. The van der Waals surface area contributed by atoms with Crippen LogP contribution in [-0.2, 0) is 16.1 Å². The molecule has 0 aliphatic rings. The topological polar surface area (TPSA) is 108 Å². The van der Waals surface area contributed by atoms with Crippen LogP contribution in [0.5, 0.6) is 11.5 Å². The van der Waals surface area contributed by atoms with Crippen LogP contribution in [0.3, 0.4) is 0 Å². The predicted octanol–water partition coefficient (Wildman–Crippen LogP) is 4.55. The predicted molar refractivity (Wildman–Crippen MR) is 123 cm³/mol. The number of esters is 1. The van der Waals surface area contributed by atoms with Crippen molar-refractivity contribution in [2.75, 3.05) is 14.2 Å². The van der Waals surface area contributed by atoms with Gasteiger partial charge in [0.15, 0.2) is 6.10 Å². The molecule has 9 heteroatoms. The van der Waals surface area contributed by atoms with Crippen molar-refractivity contribution in [1.82, 2.24) is 0 Å². The van der Waals surface area contributed by atoms with Gasteiger partial charge in [0.2, 0.25) is 0 Å². The fraction of sp³-hybridized carbons (Fsp3) is 0.208. The molecule has 0 bridgehead atoms. The number of aliphatic hydroxyl groups is 1. The van der Waals surface area contributed by atoms with Gasteiger partial charge in [0.1, 0.15) is 23.0 Å². The van der Waals surface area contributed by atoms with Gasteiger partial charge in [-0.15, -0.1) is 11.8 Å². The highest BCUT2D eigenvalue weighted by Gasteiger charge is 2.33. The molecule has 0 unspecified atom stereocenters. The number of benzene rings is 3. The van der Waals surface area contributed by atoms with Crippen LogP contribution in [0.25, 0.3) is 0 Å². The Kier molecular flexibility index (Phi) is 8.28. The molecule has 3 rings (SSSR count). The number of aliphatic hydroxyl groups excluding tert-OH is 1. The minimum atomic E-state index is -1.57. The second-order valence-electron chi connectivity index (χ2n) is 6.92. The average Bonchev–Trinajstić information content (AvgIpc) is 2.86. The smallest absolute Gasteiger partial charge is 0.336 e. The van der Waals surface area contributed by atoms with E-state index in [2.05, 4.69) is 0 Å². The molecule has 8 nitrogen and oxygen atoms in total. The van der Waals surface area contributed by atoms with Crippen molar-refractivity contribution in [2.45, 2.75) is 22.9 Å². The van der Waals surface area contributed by atoms with Crippen molar-refractivity contribution in [3.05, 3.63) is 94.0 Å². The molecule has 2 atom stereocenters. The van der Waals surface area contributed by atoms with E-state index in [1.54, 1.807) is 30.3 Å². The van der Waals surface area contributed by atoms with Gasteiger partial charge in [-0.3, -0.25) is 10.1 Å². The van der Waals surface area contributed by atoms with Gasteiger partial charge in [0.25, 0.3) is 5.69 Å². The molecule has 0 radical (unpaired) electrons. The zero-order valence-corrected chi connectivity index (χ0v) is 18.9. The lowest BCUT2D eigenvalue weighted by Crippen LogP contribution is -2.27. The summed E-state index contributed by atoms with van der Waals surface area (Å²) in [6.07, 6.45) is -1.57. The summed E-state index contributed by atoms with van der Waals surface area (Å²) in [5.74, 6) is 0.00918. The number of nitrogens with zero attached hydrogens (tertiary/aromatic N) is 1. The van der Waals surface area contributed by atoms with Crippen molar-refractivity contribution in [1.29, 1.82) is 0 Å². The van der Waals surface area contributed by atoms with Crippen molar-refractivity contribution in [3.63, 3.8) is 0 Å². The minimum absolute atomic E-state index is 0.193. The third kappa shape index (κ3) is 6.03. The van der Waals surface area contributed by atoms with Gasteiger partial charge in [0.05, 0.1) is 24.4 Å². The quantitative estimate of drug-likeness (QED) is 0.199. The first kappa shape index (κ1) is 24.1. The second kappa shape index (κ2) is 11.3. The molecule has 3 aromatic carbocycles. The number of hydrogen-bond donors (Lipinski definition) is 1. The summed E-state index contributed by atoms with van der Waals surface area (Å²) < 4.78 is 15.8. The van der Waals surface area contributed by atoms with E-state index < -0.39 is 22.2 Å². The summed E-state index contributed by atoms with van der Waals surface area (Å²) in [7, 11) is 2.69. The summed E-state index contributed by atoms with van der Waals surface area (Å²) >= 11 is 0.965. The van der Waals surface area contributed by atoms with E-state index >= 15 is 0 Å². The molecule has 0 amide bonds. The fourth-order valence-corrected chi connectivity index (χ4v) is 4.39. The summed E-state index contributed by atoms with van der Waals surface area (Å²) in [5.41, 5.74) is 1.26. The Morgan fingerprint density at radius 3 is 2.33 bits per heavy atom. The average molecular weight is 470 g/mol. The van der Waals surface area contributed by atoms with Crippen molar-refractivity contribution < 1.29 is 29.0 Å². The number of thioether (sulfide) groups is 1. The molecule has 0 spiro atoms. The first-order valence-corrected chi connectivity index (χ1v) is 10.8. The molecule has 0 heterocycles. The first-order chi connectivity index (χ1) is 15.9. The normalized spacial score (nSPS) is 12.5. The number of nitro groups is 1. The first-order valence-electron chi connectivity index (χ1n) is 9.95. The third-order valence-electron chi connectivity index (χ3n) is 4.81. The molecule has 33 heavy (non-hydrogen) atoms. The maximum absolute atomic E-state index is 12.2. The van der Waals surface area contributed by atoms with Crippen LogP contribution in [0.15, 0.2) is 77.7 Å². The number of ether oxygens (including phenoxy) is 3. The van der Waals surface area contributed by atoms with Gasteiger partial charge in [-0.1, -0.05) is 48.5 Å². The molecule has 0 saturated carbocycles. The van der Waals surface area contributed by atoms with E-state index in [0.717, 1.165) is 17.3 Å². The molecule has 172 valence electrons. The van der Waals surface area contributed by atoms with Crippen LogP contribution < -0.4 is 9.47 Å². The van der Waals surface area contributed by atoms with Crippen LogP contribution in [0.2, 0.25) is 0 Å². The van der Waals surface area contributed by atoms with Crippen LogP contribution >= 0.6 is 11.8 Å². The van der Waals surface area contributed by atoms with Crippen LogP contribution in [0.1, 0.15) is 16.4 Å². The Morgan fingerprint density at radius 1 is 1.03 bits per heavy atom. The van der Waals surface area contributed by atoms with E-state index in [4.69, 9.17) is 14.2 Å². The number of rotatable bonds is 10. The monoisotopic (exact) mass is 469 g/mol. The summed E-state index contributed by atoms with van der Waals surface area (Å²) in [4.78, 5) is 23.6. The van der Waals surface area contributed by atoms with E-state index in [-0.39, 0.29) is 22.9 Å². The van der Waals surface area contributed by atoms with Crippen molar-refractivity contribution >= 4 is 23.4 Å². The van der Waals surface area contributed by atoms with Gasteiger partial charge in [-0.05, 0) is 29.3 Å². The molecular weight excluding hydrogens is 446 g/mol. The minimum Gasteiger partial charge on any atom is -0.497 e. The van der Waals surface area contributed by atoms with E-state index in [9.17, 15) is 20.0 Å². The maximum atomic E-state index is 12.2. The lowest BCUT2D eigenvalue weighted by molar-refractivity contribution is -0.387. The van der Waals surface area contributed by atoms with Crippen LogP contribution in [0, 0.1) is 10.1 Å². The van der Waals surface area contributed by atoms with Gasteiger partial charge >= 0.3 is 5.97 Å². The van der Waals surface area contributed by atoms with Crippen LogP contribution in [-0.4, -0.2) is 36.3 Å². The Balaban J connectivity index is 2.00. The number of carbonyl (C=O) groups excluding carboxylic acids is 1. The standard InChI is InChI=1S/C24H23NO7S/c1-30-18-13-11-17(12-14-18)22(21(26)24(27)31-2)33-23-19(25(28)29)9-6-10-20(23)32-15-16-7-4-3-5-8-16/h3-14,21-22,26H,15H2,1-2H3/t21-,22+/m1/s1. The Bertz CT molecular complexity index is 1090. The number of methoxy groups -OCH3 is 2. The van der Waals surface area contributed by atoms with E-state index in [1.165, 1.54) is 26.4 Å². The fourth-order valence-electron chi connectivity index (χ4n) is 3.10. The summed E-state index contributed by atoms with van der Waals surface area (Å²) in [6.45, 7) is 0.197. The molecular formula is C24H23NO7S. The second-order valence-corrected chi connectivity index (χ2v) is 8.07. The zero-order valence-electron chi connectivity index (χ0n) is 18.0. The van der Waals surface area contributed by atoms with E-state index in [1.807, 2.05) is 30.3 Å². The highest BCUT2D eigenvalue weighted by Crippen LogP contribution is 2.47. The van der Waals surface area contributed by atoms with Gasteiger partial charge < -0.3 is 19.3 Å². The lowest BCUT2D eigenvalue weighted by Gasteiger charge is -2.22. The Hall–Kier alpha value is -3.56. The number of hydrogen-bond acceptors (Lipinski definition) is 8. The van der Waals surface area contributed by atoms with Gasteiger partial charge in [-0.2, -0.15) is 0 Å². The van der Waals surface area contributed by atoms with Gasteiger partial charge in [-0.25, -0.2) is 4.79 Å². The molecule has 1 N–H and O–H groups in total. The Morgan fingerprint density at radius 2 is 1.73 bits per heavy atom. The molecule has 0 fully saturated rings. The third-order valence-corrected chi connectivity index (χ3v) is 6.24. The molecule has 0 saturated heterocycles. The summed E-state index contributed by atoms with van der Waals surface area (Å²) in [5, 5.41) is 21.6. The Labute approximate surface area is 195 Å². The van der Waals surface area contributed by atoms with Crippen molar-refractivity contribution in [2.24, 2.45) is 0 Å². The molecule has 0 aliphatic carbocycles. The highest BCUT2D eigenvalue weighted by atomic mass is 32.2. The SMILES string of the molecule is COC(=O)[C@H](O)[C@@H](Sc1c(OCc2ccccc2)cccc1[N+](=O)[O-])c1ccc(OC)cc1. The largest absolute Gasteiger partial charge is 0.497 e. The number of nitro benzene ring substituents is 1. The summed E-state index contributed by atoms with van der Waals surface area (Å²) in [6, 6.07) is 20.6. The lowest BCUT2D eigenvalue weighted by atomic mass is 10.1. The molecule has 3 aromatic rings.